The Balaban J connectivity index is 1.84. The number of nitrogens with one attached hydrogen (secondary N) is 1. The van der Waals surface area contributed by atoms with E-state index in [0.717, 1.165) is 16.7 Å². The van der Waals surface area contributed by atoms with Crippen molar-refractivity contribution in [3.05, 3.63) is 58.1 Å². The van der Waals surface area contributed by atoms with Gasteiger partial charge in [0.05, 0.1) is 20.3 Å². The molecule has 0 bridgehead atoms. The Morgan fingerprint density at radius 2 is 1.75 bits per heavy atom. The summed E-state index contributed by atoms with van der Waals surface area (Å²) in [5, 5.41) is 8.72. The van der Waals surface area contributed by atoms with Gasteiger partial charge in [-0.05, 0) is 46.6 Å². The van der Waals surface area contributed by atoms with Gasteiger partial charge in [0.25, 0.3) is 0 Å². The average molecular weight is 494 g/mol. The molecule has 0 unspecified atom stereocenters. The number of benzene rings is 2. The summed E-state index contributed by atoms with van der Waals surface area (Å²) < 4.78 is 11.6. The van der Waals surface area contributed by atoms with Crippen LogP contribution in [0.25, 0.3) is 0 Å². The number of fused-ring (bicyclic) bond motifs is 1. The number of Topliss-reactive ketones (excluding diaryl/α,β-unsaturated/α-hetero) is 1. The van der Waals surface area contributed by atoms with Gasteiger partial charge in [-0.25, -0.2) is 0 Å². The van der Waals surface area contributed by atoms with E-state index in [1.54, 1.807) is 13.2 Å². The van der Waals surface area contributed by atoms with Gasteiger partial charge in [0.15, 0.2) is 17.3 Å². The van der Waals surface area contributed by atoms with E-state index in [4.69, 9.17) is 20.6 Å². The van der Waals surface area contributed by atoms with E-state index >= 15 is 0 Å². The van der Waals surface area contributed by atoms with Crippen LogP contribution in [-0.4, -0.2) is 42.7 Å². The summed E-state index contributed by atoms with van der Waals surface area (Å²) in [6, 6.07) is 9.82. The molecule has 0 saturated heterocycles. The molecule has 0 saturated carbocycles. The molecular formula is C29H39N3O4. The van der Waals surface area contributed by atoms with Crippen molar-refractivity contribution in [2.24, 2.45) is 5.73 Å². The molecule has 0 aromatic heterocycles. The van der Waals surface area contributed by atoms with Gasteiger partial charge in [-0.15, -0.1) is 0 Å². The summed E-state index contributed by atoms with van der Waals surface area (Å²) in [4.78, 5) is 26.3. The molecule has 194 valence electrons. The third-order valence-corrected chi connectivity index (χ3v) is 6.46. The molecule has 1 amide bonds. The fourth-order valence-electron chi connectivity index (χ4n) is 4.30. The van der Waals surface area contributed by atoms with Gasteiger partial charge >= 0.3 is 0 Å². The summed E-state index contributed by atoms with van der Waals surface area (Å²) in [6.45, 7) is 13.6. The molecule has 3 N–H and O–H groups in total. The Morgan fingerprint density at radius 1 is 1.06 bits per heavy atom. The van der Waals surface area contributed by atoms with Gasteiger partial charge in [0, 0.05) is 29.7 Å². The van der Waals surface area contributed by atoms with Crippen LogP contribution in [0.3, 0.4) is 0 Å². The molecular weight excluding hydrogens is 454 g/mol. The van der Waals surface area contributed by atoms with Crippen LogP contribution in [0.1, 0.15) is 87.0 Å². The second kappa shape index (κ2) is 10.3. The molecule has 0 spiro atoms. The fraction of sp³-hybridized carbons (Fsp3) is 0.483. The number of carbonyl (C=O) groups excluding carboxylic acids is 2. The van der Waals surface area contributed by atoms with Gasteiger partial charge in [0.1, 0.15) is 5.84 Å². The molecule has 2 aromatic carbocycles. The zero-order chi connectivity index (χ0) is 26.8. The van der Waals surface area contributed by atoms with Gasteiger partial charge in [-0.3, -0.25) is 15.0 Å². The number of hydrogen-bond acceptors (Lipinski definition) is 5. The third-order valence-electron chi connectivity index (χ3n) is 6.46. The maximum atomic E-state index is 13.4. The minimum absolute atomic E-state index is 0.0118. The van der Waals surface area contributed by atoms with Gasteiger partial charge in [0.2, 0.25) is 5.91 Å². The molecule has 1 heterocycles. The molecule has 2 aromatic rings. The minimum atomic E-state index is -0.369. The zero-order valence-electron chi connectivity index (χ0n) is 22.6. The first-order valence-corrected chi connectivity index (χ1v) is 12.4. The zero-order valence-corrected chi connectivity index (χ0v) is 22.6. The van der Waals surface area contributed by atoms with Crippen molar-refractivity contribution >= 4 is 17.5 Å². The second-order valence-electron chi connectivity index (χ2n) is 11.5. The maximum absolute atomic E-state index is 13.4. The number of hydrogen-bond donors (Lipinski definition) is 2. The highest BCUT2D eigenvalue weighted by molar-refractivity contribution is 6.05. The molecule has 0 aliphatic carbocycles. The summed E-state index contributed by atoms with van der Waals surface area (Å²) in [6.07, 6.45) is 0.739. The highest BCUT2D eigenvalue weighted by Gasteiger charge is 2.30. The van der Waals surface area contributed by atoms with Crippen molar-refractivity contribution in [2.45, 2.75) is 71.8 Å². The smallest absolute Gasteiger partial charge is 0.217 e. The first kappa shape index (κ1) is 27.2. The van der Waals surface area contributed by atoms with Crippen LogP contribution in [-0.2, 0) is 22.2 Å². The van der Waals surface area contributed by atoms with Crippen LogP contribution >= 0.6 is 0 Å². The Labute approximate surface area is 214 Å². The van der Waals surface area contributed by atoms with Crippen molar-refractivity contribution in [3.8, 4) is 11.5 Å². The predicted molar refractivity (Wildman–Crippen MR) is 142 cm³/mol. The number of amides is 1. The Morgan fingerprint density at radius 3 is 2.33 bits per heavy atom. The quantitative estimate of drug-likeness (QED) is 0.379. The molecule has 7 nitrogen and oxygen atoms in total. The van der Waals surface area contributed by atoms with Crippen LogP contribution in [0.2, 0.25) is 0 Å². The van der Waals surface area contributed by atoms with E-state index in [2.05, 4.69) is 39.0 Å². The predicted octanol–water partition coefficient (Wildman–Crippen LogP) is 4.96. The SMILES string of the molecule is COc1cc(C(=O)CN2Cc3ccc(C(C)(C)C)cc3C2=N)cc(C(C)(C)C)c1OCCCC(N)=O. The lowest BCUT2D eigenvalue weighted by atomic mass is 9.84. The number of ether oxygens (including phenoxy) is 2. The summed E-state index contributed by atoms with van der Waals surface area (Å²) in [5.41, 5.74) is 9.39. The number of nitrogens with two attached hydrogens (primary N) is 1. The van der Waals surface area contributed by atoms with Crippen LogP contribution in [0.5, 0.6) is 11.5 Å². The monoisotopic (exact) mass is 493 g/mol. The Kier molecular flexibility index (Phi) is 7.82. The third kappa shape index (κ3) is 6.07. The van der Waals surface area contributed by atoms with E-state index in [1.165, 1.54) is 5.56 Å². The summed E-state index contributed by atoms with van der Waals surface area (Å²) in [7, 11) is 1.55. The molecule has 0 atom stereocenters. The first-order chi connectivity index (χ1) is 16.7. The highest BCUT2D eigenvalue weighted by atomic mass is 16.5. The van der Waals surface area contributed by atoms with Crippen molar-refractivity contribution in [1.29, 1.82) is 5.41 Å². The molecule has 3 rings (SSSR count). The number of amidine groups is 1. The lowest BCUT2D eigenvalue weighted by Crippen LogP contribution is -2.30. The Hall–Kier alpha value is -3.35. The lowest BCUT2D eigenvalue weighted by molar-refractivity contribution is -0.118. The first-order valence-electron chi connectivity index (χ1n) is 12.4. The van der Waals surface area contributed by atoms with E-state index in [9.17, 15) is 9.59 Å². The van der Waals surface area contributed by atoms with E-state index < -0.39 is 0 Å². The number of nitrogens with zero attached hydrogens (tertiary/aromatic N) is 1. The number of primary amides is 1. The fourth-order valence-corrected chi connectivity index (χ4v) is 4.30. The van der Waals surface area contributed by atoms with Crippen molar-refractivity contribution in [2.75, 3.05) is 20.3 Å². The van der Waals surface area contributed by atoms with Crippen molar-refractivity contribution in [1.82, 2.24) is 4.90 Å². The molecule has 0 radical (unpaired) electrons. The van der Waals surface area contributed by atoms with Crippen LogP contribution < -0.4 is 15.2 Å². The van der Waals surface area contributed by atoms with Gasteiger partial charge < -0.3 is 20.1 Å². The topological polar surface area (TPSA) is 106 Å². The van der Waals surface area contributed by atoms with Crippen molar-refractivity contribution in [3.63, 3.8) is 0 Å². The van der Waals surface area contributed by atoms with Gasteiger partial charge in [-0.1, -0.05) is 53.7 Å². The van der Waals surface area contributed by atoms with E-state index in [1.807, 2.05) is 31.7 Å². The summed E-state index contributed by atoms with van der Waals surface area (Å²) >= 11 is 0. The maximum Gasteiger partial charge on any atom is 0.217 e. The largest absolute Gasteiger partial charge is 0.493 e. The number of rotatable bonds is 9. The average Bonchev–Trinajstić information content (AvgIpc) is 3.09. The Bertz CT molecular complexity index is 1170. The number of carbonyl (C=O) groups is 2. The van der Waals surface area contributed by atoms with Crippen LogP contribution in [0.4, 0.5) is 0 Å². The normalized spacial score (nSPS) is 13.5. The lowest BCUT2D eigenvalue weighted by Gasteiger charge is -2.26. The molecule has 0 fully saturated rings. The minimum Gasteiger partial charge on any atom is -0.493 e. The van der Waals surface area contributed by atoms with Crippen molar-refractivity contribution < 1.29 is 19.1 Å². The number of methoxy groups -OCH3 is 1. The van der Waals surface area contributed by atoms with Crippen LogP contribution in [0, 0.1) is 5.41 Å². The highest BCUT2D eigenvalue weighted by Crippen LogP contribution is 2.40. The number of ketones is 1. The molecule has 7 heteroatoms. The van der Waals surface area contributed by atoms with Gasteiger partial charge in [-0.2, -0.15) is 0 Å². The molecule has 1 aliphatic rings. The standard InChI is InChI=1S/C29H39N3O4/c1-28(2,3)20-11-10-18-16-32(27(31)21(18)15-20)17-23(33)19-13-22(29(4,5)6)26(24(14-19)35-7)36-12-8-9-25(30)34/h10-11,13-15,31H,8-9,12,16-17H2,1-7H3,(H2,30,34). The van der Waals surface area contributed by atoms with E-state index in [0.29, 0.717) is 42.5 Å². The summed E-state index contributed by atoms with van der Waals surface area (Å²) in [5.74, 6) is 0.961. The van der Waals surface area contributed by atoms with E-state index in [-0.39, 0.29) is 35.5 Å². The second-order valence-corrected chi connectivity index (χ2v) is 11.5. The molecule has 36 heavy (non-hydrogen) atoms. The van der Waals surface area contributed by atoms with Crippen LogP contribution in [0.15, 0.2) is 30.3 Å². The molecule has 1 aliphatic heterocycles.